The smallest absolute Gasteiger partial charge is 0.231 e. The maximum Gasteiger partial charge on any atom is 0.231 e. The molecule has 1 amide bonds. The molecule has 1 N–H and O–H groups in total. The molecule has 28 heavy (non-hydrogen) atoms. The molecule has 0 spiro atoms. The van der Waals surface area contributed by atoms with Crippen LogP contribution in [-0.2, 0) is 24.4 Å². The van der Waals surface area contributed by atoms with Gasteiger partial charge in [-0.25, -0.2) is 0 Å². The van der Waals surface area contributed by atoms with Crippen molar-refractivity contribution in [2.24, 2.45) is 0 Å². The number of aliphatic hydroxyl groups is 1. The molecule has 0 fully saturated rings. The number of hydrogen-bond donors (Lipinski definition) is 1. The summed E-state index contributed by atoms with van der Waals surface area (Å²) >= 11 is 0. The van der Waals surface area contributed by atoms with E-state index in [-0.39, 0.29) is 19.1 Å². The molecule has 0 saturated carbocycles. The van der Waals surface area contributed by atoms with Gasteiger partial charge < -0.3 is 19.5 Å². The Morgan fingerprint density at radius 2 is 2.00 bits per heavy atom. The number of amides is 1. The molecule has 0 radical (unpaired) electrons. The zero-order chi connectivity index (χ0) is 19.8. The summed E-state index contributed by atoms with van der Waals surface area (Å²) in [6.07, 6.45) is -0.832. The van der Waals surface area contributed by atoms with Crippen molar-refractivity contribution in [3.8, 4) is 11.5 Å². The average Bonchev–Trinajstić information content (AvgIpc) is 3.27. The topological polar surface area (TPSA) is 80.1 Å². The highest BCUT2D eigenvalue weighted by Crippen LogP contribution is 2.35. The number of ether oxygens (including phenoxy) is 2. The van der Waals surface area contributed by atoms with Crippen LogP contribution in [0, 0.1) is 6.92 Å². The second kappa shape index (κ2) is 7.44. The quantitative estimate of drug-likeness (QED) is 0.838. The van der Waals surface area contributed by atoms with E-state index in [1.807, 2.05) is 16.8 Å². The maximum atomic E-state index is 11.8. The van der Waals surface area contributed by atoms with Crippen molar-refractivity contribution in [1.82, 2.24) is 19.6 Å². The first-order valence-electron chi connectivity index (χ1n) is 9.47. The fourth-order valence-corrected chi connectivity index (χ4v) is 3.59. The van der Waals surface area contributed by atoms with Crippen LogP contribution in [0.4, 0.5) is 0 Å². The van der Waals surface area contributed by atoms with E-state index >= 15 is 0 Å². The SMILES string of the molecule is Cc1cc2c(cc1CN1CCn3nc(C(O)CC(=O)N(C)C)cc3C1)OCO2. The van der Waals surface area contributed by atoms with E-state index in [2.05, 4.69) is 23.0 Å². The first-order chi connectivity index (χ1) is 13.4. The number of nitrogens with zero attached hydrogens (tertiary/aromatic N) is 4. The molecule has 2 aromatic rings. The van der Waals surface area contributed by atoms with Crippen molar-refractivity contribution in [1.29, 1.82) is 0 Å². The number of fused-ring (bicyclic) bond motifs is 2. The lowest BCUT2D eigenvalue weighted by Gasteiger charge is -2.28. The van der Waals surface area contributed by atoms with Crippen LogP contribution in [0.5, 0.6) is 11.5 Å². The molecule has 0 saturated heterocycles. The van der Waals surface area contributed by atoms with Gasteiger partial charge in [0, 0.05) is 33.7 Å². The largest absolute Gasteiger partial charge is 0.454 e. The van der Waals surface area contributed by atoms with Gasteiger partial charge in [0.1, 0.15) is 6.10 Å². The Morgan fingerprint density at radius 1 is 1.25 bits per heavy atom. The summed E-state index contributed by atoms with van der Waals surface area (Å²) in [7, 11) is 3.37. The Bertz CT molecular complexity index is 893. The lowest BCUT2D eigenvalue weighted by Crippen LogP contribution is -2.33. The highest BCUT2D eigenvalue weighted by atomic mass is 16.7. The number of hydrogen-bond acceptors (Lipinski definition) is 6. The summed E-state index contributed by atoms with van der Waals surface area (Å²) in [6, 6.07) is 6.00. The van der Waals surface area contributed by atoms with E-state index < -0.39 is 6.10 Å². The maximum absolute atomic E-state index is 11.8. The number of aliphatic hydroxyl groups excluding tert-OH is 1. The summed E-state index contributed by atoms with van der Waals surface area (Å²) in [5, 5.41) is 14.9. The zero-order valence-corrected chi connectivity index (χ0v) is 16.5. The third kappa shape index (κ3) is 3.70. The number of aryl methyl sites for hydroxylation is 1. The first kappa shape index (κ1) is 18.8. The molecular weight excluding hydrogens is 360 g/mol. The minimum absolute atomic E-state index is 0.0452. The highest BCUT2D eigenvalue weighted by Gasteiger charge is 2.24. The van der Waals surface area contributed by atoms with E-state index in [0.29, 0.717) is 5.69 Å². The summed E-state index contributed by atoms with van der Waals surface area (Å²) in [4.78, 5) is 15.7. The zero-order valence-electron chi connectivity index (χ0n) is 16.5. The standard InChI is InChI=1S/C20H26N4O4/c1-13-6-18-19(28-12-27-18)7-14(13)10-23-4-5-24-15(11-23)8-16(21-24)17(25)9-20(26)22(2)3/h6-8,17,25H,4-5,9-12H2,1-3H3. The van der Waals surface area contributed by atoms with Crippen molar-refractivity contribution in [3.05, 3.63) is 40.7 Å². The Hall–Kier alpha value is -2.58. The fourth-order valence-electron chi connectivity index (χ4n) is 3.59. The van der Waals surface area contributed by atoms with Gasteiger partial charge in [0.05, 0.1) is 24.4 Å². The number of rotatable bonds is 5. The number of carbonyl (C=O) groups excluding carboxylic acids is 1. The van der Waals surface area contributed by atoms with Gasteiger partial charge in [0.25, 0.3) is 0 Å². The van der Waals surface area contributed by atoms with Crippen LogP contribution >= 0.6 is 0 Å². The van der Waals surface area contributed by atoms with E-state index in [9.17, 15) is 9.90 Å². The van der Waals surface area contributed by atoms with Crippen LogP contribution < -0.4 is 9.47 Å². The summed E-state index contributed by atoms with van der Waals surface area (Å²) in [5.74, 6) is 1.50. The second-order valence-electron chi connectivity index (χ2n) is 7.63. The second-order valence-corrected chi connectivity index (χ2v) is 7.63. The predicted octanol–water partition coefficient (Wildman–Crippen LogP) is 1.45. The molecule has 4 rings (SSSR count). The molecule has 1 aromatic heterocycles. The number of carbonyl (C=O) groups is 1. The molecule has 8 heteroatoms. The minimum Gasteiger partial charge on any atom is -0.454 e. The van der Waals surface area contributed by atoms with Crippen molar-refractivity contribution in [2.75, 3.05) is 27.4 Å². The Labute approximate surface area is 164 Å². The lowest BCUT2D eigenvalue weighted by atomic mass is 10.1. The number of benzene rings is 1. The first-order valence-corrected chi connectivity index (χ1v) is 9.47. The molecule has 0 bridgehead atoms. The van der Waals surface area contributed by atoms with Crippen LogP contribution in [0.15, 0.2) is 18.2 Å². The molecule has 2 aliphatic heterocycles. The molecule has 1 unspecified atom stereocenters. The molecule has 1 aromatic carbocycles. The van der Waals surface area contributed by atoms with Crippen molar-refractivity contribution < 1.29 is 19.4 Å². The van der Waals surface area contributed by atoms with Crippen LogP contribution in [-0.4, -0.2) is 58.0 Å². The molecule has 3 heterocycles. The molecular formula is C20H26N4O4. The minimum atomic E-state index is -0.877. The Morgan fingerprint density at radius 3 is 2.75 bits per heavy atom. The highest BCUT2D eigenvalue weighted by molar-refractivity contribution is 5.76. The van der Waals surface area contributed by atoms with Crippen LogP contribution in [0.2, 0.25) is 0 Å². The van der Waals surface area contributed by atoms with Gasteiger partial charge in [0.15, 0.2) is 11.5 Å². The van der Waals surface area contributed by atoms with Gasteiger partial charge in [-0.2, -0.15) is 5.10 Å². The summed E-state index contributed by atoms with van der Waals surface area (Å²) in [6.45, 7) is 5.55. The molecule has 8 nitrogen and oxygen atoms in total. The molecule has 1 atom stereocenters. The lowest BCUT2D eigenvalue weighted by molar-refractivity contribution is -0.130. The van der Waals surface area contributed by atoms with E-state index in [4.69, 9.17) is 9.47 Å². The third-order valence-electron chi connectivity index (χ3n) is 5.33. The van der Waals surface area contributed by atoms with Gasteiger partial charge >= 0.3 is 0 Å². The summed E-state index contributed by atoms with van der Waals surface area (Å²) < 4.78 is 12.9. The third-order valence-corrected chi connectivity index (χ3v) is 5.33. The normalized spacial score (nSPS) is 16.7. The number of aromatic nitrogens is 2. The van der Waals surface area contributed by atoms with Crippen molar-refractivity contribution in [2.45, 2.75) is 39.1 Å². The Balaban J connectivity index is 1.44. The molecule has 0 aliphatic carbocycles. The van der Waals surface area contributed by atoms with Crippen molar-refractivity contribution >= 4 is 5.91 Å². The monoisotopic (exact) mass is 386 g/mol. The fraction of sp³-hybridized carbons (Fsp3) is 0.500. The van der Waals surface area contributed by atoms with Gasteiger partial charge in [-0.3, -0.25) is 14.4 Å². The Kier molecular flexibility index (Phi) is 4.99. The van der Waals surface area contributed by atoms with E-state index in [1.165, 1.54) is 16.0 Å². The predicted molar refractivity (Wildman–Crippen MR) is 102 cm³/mol. The van der Waals surface area contributed by atoms with Crippen LogP contribution in [0.1, 0.15) is 35.0 Å². The van der Waals surface area contributed by atoms with Gasteiger partial charge in [-0.15, -0.1) is 0 Å². The molecule has 2 aliphatic rings. The van der Waals surface area contributed by atoms with E-state index in [0.717, 1.165) is 43.4 Å². The molecule has 150 valence electrons. The summed E-state index contributed by atoms with van der Waals surface area (Å²) in [5.41, 5.74) is 4.01. The van der Waals surface area contributed by atoms with Gasteiger partial charge in [-0.05, 0) is 36.2 Å². The average molecular weight is 386 g/mol. The van der Waals surface area contributed by atoms with Crippen molar-refractivity contribution in [3.63, 3.8) is 0 Å². The van der Waals surface area contributed by atoms with Gasteiger partial charge in [-0.1, -0.05) is 0 Å². The van der Waals surface area contributed by atoms with Crippen LogP contribution in [0.25, 0.3) is 0 Å². The van der Waals surface area contributed by atoms with Gasteiger partial charge in [0.2, 0.25) is 12.7 Å². The van der Waals surface area contributed by atoms with E-state index in [1.54, 1.807) is 14.1 Å². The van der Waals surface area contributed by atoms with Crippen LogP contribution in [0.3, 0.4) is 0 Å².